The van der Waals surface area contributed by atoms with Gasteiger partial charge >= 0.3 is 5.71 Å². The van der Waals surface area contributed by atoms with Crippen LogP contribution in [-0.2, 0) is 0 Å². The number of rotatable bonds is 4. The van der Waals surface area contributed by atoms with Crippen molar-refractivity contribution in [2.45, 2.75) is 12.8 Å². The van der Waals surface area contributed by atoms with E-state index in [2.05, 4.69) is 48.1 Å². The first-order valence-corrected chi connectivity index (χ1v) is 7.72. The van der Waals surface area contributed by atoms with E-state index in [-0.39, 0.29) is 5.92 Å². The maximum absolute atomic E-state index is 9.43. The molecule has 112 valence electrons. The van der Waals surface area contributed by atoms with E-state index in [9.17, 15) is 5.53 Å². The number of hydrogen-bond donors (Lipinski definition) is 0. The van der Waals surface area contributed by atoms with Crippen molar-refractivity contribution in [3.05, 3.63) is 102 Å². The second kappa shape index (κ2) is 6.87. The molecule has 0 aliphatic carbocycles. The third kappa shape index (κ3) is 3.28. The van der Waals surface area contributed by atoms with Gasteiger partial charge in [-0.15, -0.1) is 0 Å². The molecule has 23 heavy (non-hydrogen) atoms. The Bertz CT molecular complexity index is 815. The van der Waals surface area contributed by atoms with Crippen LogP contribution in [0.1, 0.15) is 24.0 Å². The van der Waals surface area contributed by atoms with Crippen molar-refractivity contribution in [3.8, 4) is 11.1 Å². The average Bonchev–Trinajstić information content (AvgIpc) is 2.64. The summed E-state index contributed by atoms with van der Waals surface area (Å²) in [7, 11) is 0. The minimum absolute atomic E-state index is 0.0206. The summed E-state index contributed by atoms with van der Waals surface area (Å²) in [5.74, 6) is 0.0206. The van der Waals surface area contributed by atoms with E-state index in [1.807, 2.05) is 48.5 Å². The van der Waals surface area contributed by atoms with Crippen molar-refractivity contribution in [1.82, 2.24) is 0 Å². The Hall–Kier alpha value is -2.96. The predicted molar refractivity (Wildman–Crippen MR) is 94.5 cm³/mol. The Morgan fingerprint density at radius 2 is 1.26 bits per heavy atom. The van der Waals surface area contributed by atoms with Crippen LogP contribution in [0.2, 0.25) is 0 Å². The molecule has 0 heterocycles. The van der Waals surface area contributed by atoms with Gasteiger partial charge in [0.25, 0.3) is 0 Å². The number of benzene rings is 3. The standard InChI is InChI=1S/C21H18N2/c1-16(21(23-22)20-10-6-3-7-11-20)17-12-14-19(15-13-17)18-8-4-2-5-9-18/h2-16H,1H3. The van der Waals surface area contributed by atoms with Gasteiger partial charge in [0.2, 0.25) is 0 Å². The summed E-state index contributed by atoms with van der Waals surface area (Å²) in [4.78, 5) is 3.53. The molecule has 0 N–H and O–H groups in total. The first-order valence-electron chi connectivity index (χ1n) is 7.72. The highest BCUT2D eigenvalue weighted by Gasteiger charge is 2.22. The highest BCUT2D eigenvalue weighted by atomic mass is 14.9. The van der Waals surface area contributed by atoms with Crippen LogP contribution >= 0.6 is 0 Å². The third-order valence-electron chi connectivity index (χ3n) is 4.11. The van der Waals surface area contributed by atoms with Gasteiger partial charge in [-0.3, -0.25) is 0 Å². The third-order valence-corrected chi connectivity index (χ3v) is 4.11. The van der Waals surface area contributed by atoms with Crippen LogP contribution in [0.4, 0.5) is 0 Å². The fraction of sp³-hybridized carbons (Fsp3) is 0.0952. The van der Waals surface area contributed by atoms with Crippen molar-refractivity contribution >= 4 is 5.71 Å². The van der Waals surface area contributed by atoms with E-state index in [1.165, 1.54) is 11.1 Å². The van der Waals surface area contributed by atoms with Gasteiger partial charge in [-0.25, -0.2) is 0 Å². The van der Waals surface area contributed by atoms with Crippen molar-refractivity contribution in [2.75, 3.05) is 0 Å². The fourth-order valence-corrected chi connectivity index (χ4v) is 2.76. The summed E-state index contributed by atoms with van der Waals surface area (Å²) < 4.78 is 0. The van der Waals surface area contributed by atoms with Crippen LogP contribution in [0.15, 0.2) is 84.9 Å². The Balaban J connectivity index is 1.88. The highest BCUT2D eigenvalue weighted by Crippen LogP contribution is 2.24. The van der Waals surface area contributed by atoms with Crippen molar-refractivity contribution < 1.29 is 4.79 Å². The molecule has 1 atom stereocenters. The molecule has 0 radical (unpaired) electrons. The molecular weight excluding hydrogens is 280 g/mol. The zero-order chi connectivity index (χ0) is 16.1. The van der Waals surface area contributed by atoms with Gasteiger partial charge in [-0.05, 0) is 35.7 Å². The van der Waals surface area contributed by atoms with Gasteiger partial charge in [0, 0.05) is 0 Å². The zero-order valence-corrected chi connectivity index (χ0v) is 13.1. The topological polar surface area (TPSA) is 36.4 Å². The molecule has 0 amide bonds. The average molecular weight is 298 g/mol. The van der Waals surface area contributed by atoms with Crippen LogP contribution < -0.4 is 0 Å². The van der Waals surface area contributed by atoms with Gasteiger partial charge in [-0.1, -0.05) is 72.8 Å². The normalized spacial score (nSPS) is 11.5. The molecule has 0 aliphatic rings. The molecule has 0 aromatic heterocycles. The van der Waals surface area contributed by atoms with E-state index in [0.717, 1.165) is 11.1 Å². The van der Waals surface area contributed by atoms with Crippen molar-refractivity contribution in [3.63, 3.8) is 0 Å². The van der Waals surface area contributed by atoms with Gasteiger partial charge in [0.15, 0.2) is 0 Å². The first kappa shape index (κ1) is 15.0. The van der Waals surface area contributed by atoms with Gasteiger partial charge < -0.3 is 5.53 Å². The fourth-order valence-electron chi connectivity index (χ4n) is 2.76. The van der Waals surface area contributed by atoms with Crippen LogP contribution in [0.25, 0.3) is 16.7 Å². The lowest BCUT2D eigenvalue weighted by Crippen LogP contribution is -2.12. The predicted octanol–water partition coefficient (Wildman–Crippen LogP) is 5.18. The van der Waals surface area contributed by atoms with Gasteiger partial charge in [-0.2, -0.15) is 4.79 Å². The van der Waals surface area contributed by atoms with Crippen LogP contribution in [-0.4, -0.2) is 10.5 Å². The molecule has 2 nitrogen and oxygen atoms in total. The second-order valence-electron chi connectivity index (χ2n) is 5.56. The summed E-state index contributed by atoms with van der Waals surface area (Å²) in [6.07, 6.45) is 0. The molecule has 1 unspecified atom stereocenters. The van der Waals surface area contributed by atoms with Crippen LogP contribution in [0.3, 0.4) is 0 Å². The Labute approximate surface area is 136 Å². The Morgan fingerprint density at radius 1 is 0.739 bits per heavy atom. The molecule has 0 saturated heterocycles. The van der Waals surface area contributed by atoms with Crippen molar-refractivity contribution in [1.29, 1.82) is 0 Å². The summed E-state index contributed by atoms with van der Waals surface area (Å²) in [6.45, 7) is 2.06. The zero-order valence-electron chi connectivity index (χ0n) is 13.1. The monoisotopic (exact) mass is 298 g/mol. The van der Waals surface area contributed by atoms with Crippen LogP contribution in [0, 0.1) is 0 Å². The molecule has 3 aromatic rings. The van der Waals surface area contributed by atoms with Crippen LogP contribution in [0.5, 0.6) is 0 Å². The smallest absolute Gasteiger partial charge is 0.306 e. The van der Waals surface area contributed by atoms with E-state index in [1.54, 1.807) is 0 Å². The first-order chi connectivity index (χ1) is 11.3. The molecule has 3 rings (SSSR count). The lowest BCUT2D eigenvalue weighted by atomic mass is 9.90. The van der Waals surface area contributed by atoms with E-state index < -0.39 is 0 Å². The molecule has 3 aromatic carbocycles. The minimum Gasteiger partial charge on any atom is -0.361 e. The Morgan fingerprint density at radius 3 is 1.83 bits per heavy atom. The molecule has 0 spiro atoms. The molecule has 0 aliphatic heterocycles. The maximum atomic E-state index is 9.43. The highest BCUT2D eigenvalue weighted by molar-refractivity contribution is 6.00. The quantitative estimate of drug-likeness (QED) is 0.362. The Kier molecular flexibility index (Phi) is 4.46. The summed E-state index contributed by atoms with van der Waals surface area (Å²) >= 11 is 0. The SMILES string of the molecule is CC(C(=[N+]=[N-])c1ccccc1)c1ccc(-c2ccccc2)cc1. The number of nitrogens with zero attached hydrogens (tertiary/aromatic N) is 2. The minimum atomic E-state index is 0.0206. The maximum Gasteiger partial charge on any atom is 0.306 e. The van der Waals surface area contributed by atoms with Gasteiger partial charge in [0.05, 0.1) is 11.5 Å². The van der Waals surface area contributed by atoms with Crippen molar-refractivity contribution in [2.24, 2.45) is 0 Å². The second-order valence-corrected chi connectivity index (χ2v) is 5.56. The van der Waals surface area contributed by atoms with E-state index in [4.69, 9.17) is 0 Å². The van der Waals surface area contributed by atoms with E-state index >= 15 is 0 Å². The summed E-state index contributed by atoms with van der Waals surface area (Å²) in [5.41, 5.74) is 14.6. The molecule has 0 saturated carbocycles. The lowest BCUT2D eigenvalue weighted by molar-refractivity contribution is -0.00817. The number of hydrogen-bond acceptors (Lipinski definition) is 0. The van der Waals surface area contributed by atoms with Gasteiger partial charge in [0.1, 0.15) is 0 Å². The molecule has 2 heteroatoms. The molecule has 0 bridgehead atoms. The summed E-state index contributed by atoms with van der Waals surface area (Å²) in [6, 6.07) is 28.5. The molecule has 0 fully saturated rings. The summed E-state index contributed by atoms with van der Waals surface area (Å²) in [5, 5.41) is 0. The largest absolute Gasteiger partial charge is 0.361 e. The molecular formula is C21H18N2. The van der Waals surface area contributed by atoms with E-state index in [0.29, 0.717) is 5.71 Å². The lowest BCUT2D eigenvalue weighted by Gasteiger charge is -2.09.